The van der Waals surface area contributed by atoms with Crippen molar-refractivity contribution in [3.8, 4) is 0 Å². The van der Waals surface area contributed by atoms with Crippen LogP contribution in [-0.2, 0) is 12.1 Å². The van der Waals surface area contributed by atoms with Crippen LogP contribution in [0.4, 0.5) is 0 Å². The molecule has 0 fully saturated rings. The van der Waals surface area contributed by atoms with E-state index >= 15 is 0 Å². The molecule has 0 saturated heterocycles. The molecule has 0 amide bonds. The van der Waals surface area contributed by atoms with Gasteiger partial charge in [0.2, 0.25) is 0 Å². The van der Waals surface area contributed by atoms with E-state index in [1.807, 2.05) is 32.0 Å². The molecule has 0 aliphatic carbocycles. The zero-order chi connectivity index (χ0) is 10.1. The Kier molecular flexibility index (Phi) is 3.11. The van der Waals surface area contributed by atoms with Crippen molar-refractivity contribution in [3.05, 3.63) is 33.8 Å². The minimum absolute atomic E-state index is 0.0310. The number of nitrogens with two attached hydrogens (primary N) is 1. The summed E-state index contributed by atoms with van der Waals surface area (Å²) in [6.07, 6.45) is 0. The van der Waals surface area contributed by atoms with Crippen LogP contribution >= 0.6 is 15.9 Å². The van der Waals surface area contributed by atoms with Gasteiger partial charge in [0.1, 0.15) is 0 Å². The molecule has 2 nitrogen and oxygen atoms in total. The van der Waals surface area contributed by atoms with Gasteiger partial charge in [-0.25, -0.2) is 0 Å². The SMILES string of the molecule is CC(C)(N)c1cc(Br)ccc1CO. The van der Waals surface area contributed by atoms with Gasteiger partial charge in [-0.2, -0.15) is 0 Å². The van der Waals surface area contributed by atoms with Gasteiger partial charge in [-0.1, -0.05) is 22.0 Å². The van der Waals surface area contributed by atoms with Crippen LogP contribution in [0.5, 0.6) is 0 Å². The third-order valence-corrected chi connectivity index (χ3v) is 2.43. The van der Waals surface area contributed by atoms with E-state index in [4.69, 9.17) is 10.8 Å². The highest BCUT2D eigenvalue weighted by Gasteiger charge is 2.17. The van der Waals surface area contributed by atoms with Crippen LogP contribution in [0, 0.1) is 0 Å². The van der Waals surface area contributed by atoms with Crippen molar-refractivity contribution in [2.24, 2.45) is 5.73 Å². The lowest BCUT2D eigenvalue weighted by Gasteiger charge is -2.22. The summed E-state index contributed by atoms with van der Waals surface area (Å²) in [5.74, 6) is 0. The molecular formula is C10H14BrNO. The third kappa shape index (κ3) is 2.53. The number of aliphatic hydroxyl groups excluding tert-OH is 1. The molecule has 13 heavy (non-hydrogen) atoms. The first kappa shape index (κ1) is 10.7. The molecule has 0 heterocycles. The maximum atomic E-state index is 9.10. The predicted octanol–water partition coefficient (Wildman–Crippen LogP) is 2.14. The van der Waals surface area contributed by atoms with E-state index < -0.39 is 5.54 Å². The van der Waals surface area contributed by atoms with Gasteiger partial charge in [-0.05, 0) is 37.1 Å². The molecule has 72 valence electrons. The van der Waals surface area contributed by atoms with Crippen molar-refractivity contribution >= 4 is 15.9 Å². The van der Waals surface area contributed by atoms with Gasteiger partial charge in [-0.3, -0.25) is 0 Å². The van der Waals surface area contributed by atoms with Crippen molar-refractivity contribution < 1.29 is 5.11 Å². The number of hydrogen-bond donors (Lipinski definition) is 2. The fourth-order valence-corrected chi connectivity index (χ4v) is 1.65. The van der Waals surface area contributed by atoms with E-state index in [0.717, 1.165) is 15.6 Å². The van der Waals surface area contributed by atoms with Crippen molar-refractivity contribution in [1.82, 2.24) is 0 Å². The Labute approximate surface area is 86.9 Å². The molecule has 3 heteroatoms. The van der Waals surface area contributed by atoms with Crippen LogP contribution in [0.25, 0.3) is 0 Å². The molecule has 1 aromatic rings. The molecule has 0 radical (unpaired) electrons. The minimum atomic E-state index is -0.415. The molecule has 0 atom stereocenters. The summed E-state index contributed by atoms with van der Waals surface area (Å²) in [5, 5.41) is 9.10. The Morgan fingerprint density at radius 2 is 2.08 bits per heavy atom. The van der Waals surface area contributed by atoms with Gasteiger partial charge in [-0.15, -0.1) is 0 Å². The molecule has 0 saturated carbocycles. The van der Waals surface area contributed by atoms with Crippen LogP contribution < -0.4 is 5.73 Å². The maximum absolute atomic E-state index is 9.10. The largest absolute Gasteiger partial charge is 0.392 e. The first-order valence-corrected chi connectivity index (χ1v) is 4.93. The molecular weight excluding hydrogens is 230 g/mol. The lowest BCUT2D eigenvalue weighted by Crippen LogP contribution is -2.30. The van der Waals surface area contributed by atoms with Crippen LogP contribution in [0.15, 0.2) is 22.7 Å². The molecule has 0 aliphatic heterocycles. The Bertz CT molecular complexity index is 304. The van der Waals surface area contributed by atoms with Crippen molar-refractivity contribution in [2.45, 2.75) is 26.0 Å². The van der Waals surface area contributed by atoms with Crippen LogP contribution in [-0.4, -0.2) is 5.11 Å². The Balaban J connectivity index is 3.24. The molecule has 1 rings (SSSR count). The van der Waals surface area contributed by atoms with E-state index in [1.165, 1.54) is 0 Å². The summed E-state index contributed by atoms with van der Waals surface area (Å²) >= 11 is 3.38. The Hall–Kier alpha value is -0.380. The van der Waals surface area contributed by atoms with Crippen LogP contribution in [0.1, 0.15) is 25.0 Å². The minimum Gasteiger partial charge on any atom is -0.392 e. The standard InChI is InChI=1S/C10H14BrNO/c1-10(2,12)9-5-8(11)4-3-7(9)6-13/h3-5,13H,6,12H2,1-2H3. The lowest BCUT2D eigenvalue weighted by molar-refractivity contribution is 0.278. The van der Waals surface area contributed by atoms with Crippen LogP contribution in [0.3, 0.4) is 0 Å². The number of benzene rings is 1. The van der Waals surface area contributed by atoms with E-state index in [2.05, 4.69) is 15.9 Å². The maximum Gasteiger partial charge on any atom is 0.0685 e. The topological polar surface area (TPSA) is 46.2 Å². The zero-order valence-corrected chi connectivity index (χ0v) is 9.43. The normalized spacial score (nSPS) is 11.8. The first-order chi connectivity index (χ1) is 5.95. The highest BCUT2D eigenvalue weighted by atomic mass is 79.9. The summed E-state index contributed by atoms with van der Waals surface area (Å²) in [7, 11) is 0. The van der Waals surface area contributed by atoms with Gasteiger partial charge < -0.3 is 10.8 Å². The first-order valence-electron chi connectivity index (χ1n) is 4.14. The monoisotopic (exact) mass is 243 g/mol. The molecule has 0 spiro atoms. The number of hydrogen-bond acceptors (Lipinski definition) is 2. The van der Waals surface area contributed by atoms with Gasteiger partial charge in [0.15, 0.2) is 0 Å². The summed E-state index contributed by atoms with van der Waals surface area (Å²) in [5.41, 5.74) is 7.42. The molecule has 0 aromatic heterocycles. The number of aliphatic hydroxyl groups is 1. The average Bonchev–Trinajstić information content (AvgIpc) is 2.03. The molecule has 1 aromatic carbocycles. The summed E-state index contributed by atoms with van der Waals surface area (Å²) in [6, 6.07) is 5.74. The lowest BCUT2D eigenvalue weighted by atomic mass is 9.91. The zero-order valence-electron chi connectivity index (χ0n) is 7.84. The van der Waals surface area contributed by atoms with E-state index in [-0.39, 0.29) is 6.61 Å². The van der Waals surface area contributed by atoms with Gasteiger partial charge >= 0.3 is 0 Å². The van der Waals surface area contributed by atoms with E-state index in [0.29, 0.717) is 0 Å². The Morgan fingerprint density at radius 3 is 2.54 bits per heavy atom. The number of rotatable bonds is 2. The molecule has 3 N–H and O–H groups in total. The quantitative estimate of drug-likeness (QED) is 0.837. The molecule has 0 bridgehead atoms. The van der Waals surface area contributed by atoms with Crippen molar-refractivity contribution in [1.29, 1.82) is 0 Å². The second kappa shape index (κ2) is 3.78. The van der Waals surface area contributed by atoms with Gasteiger partial charge in [0.25, 0.3) is 0 Å². The summed E-state index contributed by atoms with van der Waals surface area (Å²) in [6.45, 7) is 3.88. The fourth-order valence-electron chi connectivity index (χ4n) is 1.29. The second-order valence-electron chi connectivity index (χ2n) is 3.68. The smallest absolute Gasteiger partial charge is 0.0685 e. The number of halogens is 1. The molecule has 0 aliphatic rings. The average molecular weight is 244 g/mol. The van der Waals surface area contributed by atoms with Crippen molar-refractivity contribution in [2.75, 3.05) is 0 Å². The summed E-state index contributed by atoms with van der Waals surface area (Å²) < 4.78 is 0.984. The van der Waals surface area contributed by atoms with E-state index in [9.17, 15) is 0 Å². The summed E-state index contributed by atoms with van der Waals surface area (Å²) in [4.78, 5) is 0. The highest BCUT2D eigenvalue weighted by molar-refractivity contribution is 9.10. The second-order valence-corrected chi connectivity index (χ2v) is 4.60. The van der Waals surface area contributed by atoms with E-state index in [1.54, 1.807) is 0 Å². The van der Waals surface area contributed by atoms with Crippen molar-refractivity contribution in [3.63, 3.8) is 0 Å². The Morgan fingerprint density at radius 1 is 1.46 bits per heavy atom. The van der Waals surface area contributed by atoms with Gasteiger partial charge in [0, 0.05) is 10.0 Å². The van der Waals surface area contributed by atoms with Crippen LogP contribution in [0.2, 0.25) is 0 Å². The van der Waals surface area contributed by atoms with Gasteiger partial charge in [0.05, 0.1) is 6.61 Å². The predicted molar refractivity (Wildman–Crippen MR) is 57.3 cm³/mol. The highest BCUT2D eigenvalue weighted by Crippen LogP contribution is 2.25. The third-order valence-electron chi connectivity index (χ3n) is 1.94. The fraction of sp³-hybridized carbons (Fsp3) is 0.400. The molecule has 0 unspecified atom stereocenters.